The Kier molecular flexibility index (Phi) is 11.2. The van der Waals surface area contributed by atoms with Crippen LogP contribution in [0.25, 0.3) is 0 Å². The summed E-state index contributed by atoms with van der Waals surface area (Å²) in [4.78, 5) is 11.7. The number of benzene rings is 1. The van der Waals surface area contributed by atoms with E-state index in [1.54, 1.807) is 11.8 Å². The predicted octanol–water partition coefficient (Wildman–Crippen LogP) is -0.240. The fourth-order valence-electron chi connectivity index (χ4n) is 2.46. The zero-order valence-electron chi connectivity index (χ0n) is 19.1. The highest BCUT2D eigenvalue weighted by Gasteiger charge is 2.20. The van der Waals surface area contributed by atoms with Crippen LogP contribution in [-0.4, -0.2) is 73.3 Å². The summed E-state index contributed by atoms with van der Waals surface area (Å²) in [6, 6.07) is 5.03. The van der Waals surface area contributed by atoms with Crippen LogP contribution in [0.1, 0.15) is 5.69 Å². The molecule has 17 heteroatoms. The SMILES string of the molecule is CN=C(NCCSCc1csc(N=C(N)N)n1)NS(=O)(=O)c1cccc(S(=O)(=O)NCCOC)c1. The second-order valence-electron chi connectivity index (χ2n) is 6.68. The van der Waals surface area contributed by atoms with Gasteiger partial charge in [0.15, 0.2) is 5.96 Å². The summed E-state index contributed by atoms with van der Waals surface area (Å²) in [5.41, 5.74) is 11.5. The van der Waals surface area contributed by atoms with Gasteiger partial charge in [-0.1, -0.05) is 6.07 Å². The molecular formula is C18H28N8O5S4. The first kappa shape index (κ1) is 28.8. The molecule has 0 amide bonds. The summed E-state index contributed by atoms with van der Waals surface area (Å²) >= 11 is 2.91. The number of thiazole rings is 1. The molecule has 0 aliphatic rings. The van der Waals surface area contributed by atoms with Gasteiger partial charge in [-0.25, -0.2) is 31.3 Å². The topological polar surface area (TPSA) is 203 Å². The Hall–Kier alpha value is -2.44. The number of nitrogens with one attached hydrogen (secondary N) is 3. The largest absolute Gasteiger partial charge is 0.383 e. The molecule has 0 aliphatic carbocycles. The first-order chi connectivity index (χ1) is 16.6. The van der Waals surface area contributed by atoms with Crippen molar-refractivity contribution in [3.8, 4) is 0 Å². The van der Waals surface area contributed by atoms with Gasteiger partial charge in [0.05, 0.1) is 22.1 Å². The van der Waals surface area contributed by atoms with Gasteiger partial charge in [0.2, 0.25) is 21.1 Å². The molecule has 0 atom stereocenters. The Labute approximate surface area is 213 Å². The highest BCUT2D eigenvalue weighted by atomic mass is 32.2. The van der Waals surface area contributed by atoms with Crippen molar-refractivity contribution in [2.24, 2.45) is 21.5 Å². The number of thioether (sulfide) groups is 1. The molecule has 0 spiro atoms. The first-order valence-corrected chi connectivity index (χ1v) is 15.0. The van der Waals surface area contributed by atoms with Gasteiger partial charge < -0.3 is 21.5 Å². The highest BCUT2D eigenvalue weighted by molar-refractivity contribution is 7.98. The van der Waals surface area contributed by atoms with Crippen LogP contribution in [0.5, 0.6) is 0 Å². The Morgan fingerprint density at radius 2 is 1.89 bits per heavy atom. The van der Waals surface area contributed by atoms with Gasteiger partial charge >= 0.3 is 0 Å². The van der Waals surface area contributed by atoms with E-state index in [4.69, 9.17) is 16.2 Å². The Morgan fingerprint density at radius 1 is 1.17 bits per heavy atom. The number of aromatic nitrogens is 1. The standard InChI is InChI=1S/C18H28N8O5S4/c1-21-17(22-7-9-32-11-13-12-33-18(24-13)25-16(19)20)26-35(29,30)15-5-3-4-14(10-15)34(27,28)23-6-8-31-2/h3-5,10,12,23H,6-9,11H2,1-2H3,(H2,21,22,26)(H4,19,20,24,25). The third-order valence-electron chi connectivity index (χ3n) is 4.03. The number of guanidine groups is 2. The van der Waals surface area contributed by atoms with E-state index in [0.29, 0.717) is 23.2 Å². The smallest absolute Gasteiger partial charge is 0.264 e. The van der Waals surface area contributed by atoms with Gasteiger partial charge in [0.25, 0.3) is 10.0 Å². The fourth-order valence-corrected chi connectivity index (χ4v) is 6.23. The van der Waals surface area contributed by atoms with E-state index in [2.05, 4.69) is 29.7 Å². The van der Waals surface area contributed by atoms with Crippen molar-refractivity contribution in [1.29, 1.82) is 0 Å². The van der Waals surface area contributed by atoms with Crippen molar-refractivity contribution < 1.29 is 21.6 Å². The van der Waals surface area contributed by atoms with Gasteiger partial charge in [-0.05, 0) is 18.2 Å². The van der Waals surface area contributed by atoms with Crippen LogP contribution in [-0.2, 0) is 30.5 Å². The molecule has 13 nitrogen and oxygen atoms in total. The number of rotatable bonds is 13. The maximum absolute atomic E-state index is 12.8. The van der Waals surface area contributed by atoms with E-state index in [1.807, 2.05) is 5.38 Å². The van der Waals surface area contributed by atoms with E-state index in [1.165, 1.54) is 43.7 Å². The van der Waals surface area contributed by atoms with Gasteiger partial charge in [-0.15, -0.1) is 11.3 Å². The monoisotopic (exact) mass is 564 g/mol. The number of ether oxygens (including phenoxy) is 1. The Balaban J connectivity index is 1.90. The van der Waals surface area contributed by atoms with E-state index in [-0.39, 0.29) is 34.9 Å². The average Bonchev–Trinajstić information content (AvgIpc) is 3.24. The zero-order chi connectivity index (χ0) is 25.9. The molecule has 0 unspecified atom stereocenters. The van der Waals surface area contributed by atoms with Gasteiger partial charge in [-0.3, -0.25) is 4.99 Å². The Morgan fingerprint density at radius 3 is 2.54 bits per heavy atom. The first-order valence-electron chi connectivity index (χ1n) is 10.0. The van der Waals surface area contributed by atoms with Crippen molar-refractivity contribution in [1.82, 2.24) is 19.7 Å². The van der Waals surface area contributed by atoms with Crippen molar-refractivity contribution in [2.45, 2.75) is 15.5 Å². The number of aliphatic imine (C=N–C) groups is 2. The number of hydrogen-bond acceptors (Lipinski definition) is 10. The minimum Gasteiger partial charge on any atom is -0.383 e. The summed E-state index contributed by atoms with van der Waals surface area (Å²) in [6.45, 7) is 0.660. The van der Waals surface area contributed by atoms with E-state index in [9.17, 15) is 16.8 Å². The molecule has 0 bridgehead atoms. The maximum atomic E-state index is 12.8. The summed E-state index contributed by atoms with van der Waals surface area (Å²) < 4.78 is 59.8. The number of hydrogen-bond donors (Lipinski definition) is 5. The molecule has 0 radical (unpaired) electrons. The Bertz CT molecular complexity index is 1240. The summed E-state index contributed by atoms with van der Waals surface area (Å²) in [7, 11) is -5.10. The predicted molar refractivity (Wildman–Crippen MR) is 139 cm³/mol. The quantitative estimate of drug-likeness (QED) is 0.123. The van der Waals surface area contributed by atoms with Crippen LogP contribution < -0.4 is 26.2 Å². The minimum atomic E-state index is -4.08. The molecule has 1 aromatic heterocycles. The number of methoxy groups -OCH3 is 1. The van der Waals surface area contributed by atoms with Crippen LogP contribution in [0, 0.1) is 0 Å². The van der Waals surface area contributed by atoms with Crippen LogP contribution in [0.2, 0.25) is 0 Å². The van der Waals surface area contributed by atoms with E-state index < -0.39 is 20.0 Å². The molecule has 0 saturated carbocycles. The van der Waals surface area contributed by atoms with Crippen molar-refractivity contribution in [2.75, 3.05) is 39.6 Å². The lowest BCUT2D eigenvalue weighted by Gasteiger charge is -2.13. The lowest BCUT2D eigenvalue weighted by Crippen LogP contribution is -2.41. The molecule has 35 heavy (non-hydrogen) atoms. The average molecular weight is 565 g/mol. The normalized spacial score (nSPS) is 12.3. The van der Waals surface area contributed by atoms with Crippen LogP contribution >= 0.6 is 23.1 Å². The maximum Gasteiger partial charge on any atom is 0.264 e. The van der Waals surface area contributed by atoms with E-state index >= 15 is 0 Å². The van der Waals surface area contributed by atoms with Crippen molar-refractivity contribution in [3.05, 3.63) is 35.3 Å². The van der Waals surface area contributed by atoms with Gasteiger partial charge in [0, 0.05) is 44.1 Å². The lowest BCUT2D eigenvalue weighted by atomic mass is 10.4. The number of nitrogens with zero attached hydrogens (tertiary/aromatic N) is 3. The molecule has 0 aliphatic heterocycles. The molecule has 1 aromatic carbocycles. The highest BCUT2D eigenvalue weighted by Crippen LogP contribution is 2.21. The molecule has 0 fully saturated rings. The van der Waals surface area contributed by atoms with E-state index in [0.717, 1.165) is 11.8 Å². The van der Waals surface area contributed by atoms with Gasteiger partial charge in [-0.2, -0.15) is 16.8 Å². The molecule has 2 rings (SSSR count). The summed E-state index contributed by atoms with van der Waals surface area (Å²) in [5.74, 6) is 1.24. The molecule has 7 N–H and O–H groups in total. The number of sulfonamides is 2. The molecule has 1 heterocycles. The zero-order valence-corrected chi connectivity index (χ0v) is 22.4. The third-order valence-corrected chi connectivity index (χ3v) is 8.60. The molecular weight excluding hydrogens is 537 g/mol. The van der Waals surface area contributed by atoms with Gasteiger partial charge in [0.1, 0.15) is 0 Å². The second-order valence-corrected chi connectivity index (χ2v) is 12.1. The molecule has 0 saturated heterocycles. The van der Waals surface area contributed by atoms with Crippen molar-refractivity contribution >= 4 is 60.2 Å². The third kappa shape index (κ3) is 9.61. The molecule has 2 aromatic rings. The lowest BCUT2D eigenvalue weighted by molar-refractivity contribution is 0.204. The van der Waals surface area contributed by atoms with Crippen LogP contribution in [0.15, 0.2) is 49.4 Å². The van der Waals surface area contributed by atoms with Crippen LogP contribution in [0.3, 0.4) is 0 Å². The fraction of sp³-hybridized carbons (Fsp3) is 0.389. The number of nitrogens with two attached hydrogens (primary N) is 2. The van der Waals surface area contributed by atoms with Crippen molar-refractivity contribution in [3.63, 3.8) is 0 Å². The van der Waals surface area contributed by atoms with Crippen LogP contribution in [0.4, 0.5) is 5.13 Å². The second kappa shape index (κ2) is 13.6. The molecule has 194 valence electrons. The minimum absolute atomic E-state index is 0.0285. The summed E-state index contributed by atoms with van der Waals surface area (Å²) in [5, 5.41) is 5.25. The summed E-state index contributed by atoms with van der Waals surface area (Å²) in [6.07, 6.45) is 0.